The van der Waals surface area contributed by atoms with E-state index in [0.717, 1.165) is 0 Å². The zero-order valence-corrected chi connectivity index (χ0v) is 28.3. The Morgan fingerprint density at radius 3 is 0.833 bits per heavy atom. The molecule has 0 spiro atoms. The van der Waals surface area contributed by atoms with Gasteiger partial charge in [0.1, 0.15) is 0 Å². The molecule has 248 valence electrons. The average molecular weight is 636 g/mol. The molecule has 5 aliphatic rings. The van der Waals surface area contributed by atoms with Crippen molar-refractivity contribution in [3.8, 4) is 0 Å². The molecule has 0 amide bonds. The van der Waals surface area contributed by atoms with Crippen LogP contribution in [0.3, 0.4) is 0 Å². The van der Waals surface area contributed by atoms with Crippen molar-refractivity contribution in [3.63, 3.8) is 0 Å². The van der Waals surface area contributed by atoms with Gasteiger partial charge in [-0.3, -0.25) is 0 Å². The van der Waals surface area contributed by atoms with Crippen LogP contribution in [0.5, 0.6) is 0 Å². The van der Waals surface area contributed by atoms with Crippen LogP contribution < -0.4 is 16.0 Å². The highest BCUT2D eigenvalue weighted by molar-refractivity contribution is 5.31. The Bertz CT molecular complexity index is 1320. The van der Waals surface area contributed by atoms with Gasteiger partial charge in [0.15, 0.2) is 0 Å². The van der Waals surface area contributed by atoms with E-state index in [1.54, 1.807) is 11.1 Å². The lowest BCUT2D eigenvalue weighted by atomic mass is 9.75. The molecule has 4 heterocycles. The van der Waals surface area contributed by atoms with Crippen molar-refractivity contribution in [2.75, 3.05) is 0 Å². The van der Waals surface area contributed by atoms with Gasteiger partial charge in [-0.1, -0.05) is 121 Å². The molecule has 9 rings (SSSR count). The maximum Gasteiger partial charge on any atom is 0.0154 e. The van der Waals surface area contributed by atoms with Crippen LogP contribution in [0.15, 0.2) is 121 Å². The van der Waals surface area contributed by atoms with E-state index in [2.05, 4.69) is 137 Å². The van der Waals surface area contributed by atoms with E-state index >= 15 is 0 Å². The van der Waals surface area contributed by atoms with Crippen LogP contribution in [0, 0.1) is 11.8 Å². The first-order valence-electron chi connectivity index (χ1n) is 19.3. The minimum Gasteiger partial charge on any atom is -0.310 e. The quantitative estimate of drug-likeness (QED) is 0.210. The normalized spacial score (nSPS) is 37.8. The molecule has 1 aliphatic carbocycles. The molecule has 1 saturated carbocycles. The third-order valence-electron chi connectivity index (χ3n) is 13.5. The van der Waals surface area contributed by atoms with E-state index in [9.17, 15) is 0 Å². The van der Waals surface area contributed by atoms with E-state index in [4.69, 9.17) is 0 Å². The molecule has 0 radical (unpaired) electrons. The van der Waals surface area contributed by atoms with Crippen molar-refractivity contribution >= 4 is 0 Å². The van der Waals surface area contributed by atoms with Gasteiger partial charge in [-0.15, -0.1) is 0 Å². The van der Waals surface area contributed by atoms with Crippen molar-refractivity contribution in [2.45, 2.75) is 118 Å². The highest BCUT2D eigenvalue weighted by Crippen LogP contribution is 2.52. The van der Waals surface area contributed by atoms with E-state index in [-0.39, 0.29) is 0 Å². The summed E-state index contributed by atoms with van der Waals surface area (Å²) < 4.78 is 0. The summed E-state index contributed by atoms with van der Waals surface area (Å²) in [5.74, 6) is 3.52. The summed E-state index contributed by atoms with van der Waals surface area (Å²) in [5, 5.41) is 13.2. The summed E-state index contributed by atoms with van der Waals surface area (Å²) in [5.41, 5.74) is 6.12. The Balaban J connectivity index is 1.13. The predicted molar refractivity (Wildman–Crippen MR) is 197 cm³/mol. The first-order valence-corrected chi connectivity index (χ1v) is 19.3. The predicted octanol–water partition coefficient (Wildman–Crippen LogP) is 8.91. The lowest BCUT2D eigenvalue weighted by molar-refractivity contribution is 0.284. The Hall–Kier alpha value is -3.24. The molecule has 12 atom stereocenters. The van der Waals surface area contributed by atoms with Gasteiger partial charge in [0.05, 0.1) is 0 Å². The molecule has 4 saturated heterocycles. The molecule has 0 aromatic heterocycles. The largest absolute Gasteiger partial charge is 0.310 e. The smallest absolute Gasteiger partial charge is 0.0154 e. The molecular weight excluding hydrogens is 583 g/mol. The molecule has 8 bridgehead atoms. The number of benzene rings is 4. The second-order valence-corrected chi connectivity index (χ2v) is 16.0. The van der Waals surface area contributed by atoms with Gasteiger partial charge in [0.2, 0.25) is 0 Å². The molecule has 3 heteroatoms. The summed E-state index contributed by atoms with van der Waals surface area (Å²) in [7, 11) is 0. The first-order chi connectivity index (χ1) is 23.8. The standard InChI is InChI=1S/C45H53N3/c1-5-13-30(14-6-1)42-34-21-22-35(29-34)43(31-15-7-2-8-16-31)37-24-26-39(47-37)45(33-19-11-4-12-20-33)41-28-27-40(48-41)44(32-17-9-3-10-18-32)38-25-23-36(42)46-38/h1-20,34-48H,21-29H2. The number of fused-ring (bicyclic) bond motifs is 8. The van der Waals surface area contributed by atoms with Crippen LogP contribution >= 0.6 is 0 Å². The molecule has 4 aromatic carbocycles. The summed E-state index contributed by atoms with van der Waals surface area (Å²) in [6.45, 7) is 0. The topological polar surface area (TPSA) is 36.1 Å². The summed E-state index contributed by atoms with van der Waals surface area (Å²) >= 11 is 0. The van der Waals surface area contributed by atoms with Crippen LogP contribution in [0.4, 0.5) is 0 Å². The molecule has 3 nitrogen and oxygen atoms in total. The lowest BCUT2D eigenvalue weighted by Crippen LogP contribution is -2.49. The molecule has 5 fully saturated rings. The van der Waals surface area contributed by atoms with Crippen LogP contribution in [0.25, 0.3) is 0 Å². The molecule has 4 aliphatic heterocycles. The van der Waals surface area contributed by atoms with E-state index in [1.807, 2.05) is 0 Å². The fourth-order valence-electron chi connectivity index (χ4n) is 11.7. The van der Waals surface area contributed by atoms with Crippen LogP contribution in [0.1, 0.15) is 104 Å². The first kappa shape index (κ1) is 30.8. The summed E-state index contributed by atoms with van der Waals surface area (Å²) in [6, 6.07) is 49.3. The summed E-state index contributed by atoms with van der Waals surface area (Å²) in [4.78, 5) is 0. The number of nitrogens with one attached hydrogen (secondary N) is 3. The molecule has 4 aromatic rings. The number of hydrogen-bond donors (Lipinski definition) is 3. The van der Waals surface area contributed by atoms with E-state index < -0.39 is 0 Å². The van der Waals surface area contributed by atoms with Gasteiger partial charge < -0.3 is 16.0 Å². The third kappa shape index (κ3) is 5.86. The van der Waals surface area contributed by atoms with Crippen LogP contribution in [-0.4, -0.2) is 36.3 Å². The van der Waals surface area contributed by atoms with Gasteiger partial charge in [-0.05, 0) is 91.9 Å². The monoisotopic (exact) mass is 635 g/mol. The van der Waals surface area contributed by atoms with Gasteiger partial charge in [-0.2, -0.15) is 0 Å². The highest BCUT2D eigenvalue weighted by Gasteiger charge is 2.49. The van der Waals surface area contributed by atoms with Crippen molar-refractivity contribution in [1.29, 1.82) is 0 Å². The molecule has 12 unspecified atom stereocenters. The Labute approximate surface area is 288 Å². The zero-order valence-electron chi connectivity index (χ0n) is 28.3. The Kier molecular flexibility index (Phi) is 8.71. The maximum absolute atomic E-state index is 4.40. The van der Waals surface area contributed by atoms with Gasteiger partial charge in [0.25, 0.3) is 0 Å². The Morgan fingerprint density at radius 1 is 0.292 bits per heavy atom. The van der Waals surface area contributed by atoms with Crippen LogP contribution in [0.2, 0.25) is 0 Å². The molecular formula is C45H53N3. The maximum atomic E-state index is 4.40. The SMILES string of the molecule is c1ccc(C2C3CCC(C3)C(c3ccccc3)C3CCC(N3)C(c3ccccc3)C3CCC(N3)C(c3ccccc3)C3CCC2N3)cc1. The number of rotatable bonds is 4. The fraction of sp³-hybridized carbons (Fsp3) is 0.467. The Morgan fingerprint density at radius 2 is 0.542 bits per heavy atom. The van der Waals surface area contributed by atoms with Gasteiger partial charge >= 0.3 is 0 Å². The van der Waals surface area contributed by atoms with Crippen molar-refractivity contribution < 1.29 is 0 Å². The van der Waals surface area contributed by atoms with Crippen LogP contribution in [-0.2, 0) is 0 Å². The summed E-state index contributed by atoms with van der Waals surface area (Å²) in [6.07, 6.45) is 11.6. The van der Waals surface area contributed by atoms with Gasteiger partial charge in [0, 0.05) is 59.9 Å². The van der Waals surface area contributed by atoms with E-state index in [0.29, 0.717) is 71.8 Å². The second-order valence-electron chi connectivity index (χ2n) is 16.0. The van der Waals surface area contributed by atoms with E-state index in [1.165, 1.54) is 68.9 Å². The molecule has 3 N–H and O–H groups in total. The van der Waals surface area contributed by atoms with Crippen molar-refractivity contribution in [1.82, 2.24) is 16.0 Å². The highest BCUT2D eigenvalue weighted by atomic mass is 15.1. The fourth-order valence-corrected chi connectivity index (χ4v) is 11.7. The minimum absolute atomic E-state index is 0.477. The van der Waals surface area contributed by atoms with Crippen molar-refractivity contribution in [3.05, 3.63) is 144 Å². The zero-order chi connectivity index (χ0) is 31.9. The lowest BCUT2D eigenvalue weighted by Gasteiger charge is -2.37. The van der Waals surface area contributed by atoms with Crippen molar-refractivity contribution in [2.24, 2.45) is 11.8 Å². The molecule has 48 heavy (non-hydrogen) atoms. The third-order valence-corrected chi connectivity index (χ3v) is 13.5. The average Bonchev–Trinajstić information content (AvgIpc) is 3.98. The second kappa shape index (κ2) is 13.6. The number of hydrogen-bond acceptors (Lipinski definition) is 3. The van der Waals surface area contributed by atoms with Gasteiger partial charge in [-0.25, -0.2) is 0 Å². The minimum atomic E-state index is 0.477.